The first-order valence-electron chi connectivity index (χ1n) is 8.68. The summed E-state index contributed by atoms with van der Waals surface area (Å²) in [6, 6.07) is 3.93. The van der Waals surface area contributed by atoms with Crippen molar-refractivity contribution in [2.75, 3.05) is 26.2 Å². The third kappa shape index (κ3) is 4.67. The van der Waals surface area contributed by atoms with E-state index >= 15 is 0 Å². The van der Waals surface area contributed by atoms with Crippen molar-refractivity contribution in [2.24, 2.45) is 0 Å². The van der Waals surface area contributed by atoms with E-state index < -0.39 is 11.7 Å². The van der Waals surface area contributed by atoms with Crippen LogP contribution in [0.25, 0.3) is 0 Å². The van der Waals surface area contributed by atoms with Gasteiger partial charge >= 0.3 is 6.18 Å². The summed E-state index contributed by atoms with van der Waals surface area (Å²) in [4.78, 5) is 14.4. The van der Waals surface area contributed by atoms with Crippen LogP contribution in [0.1, 0.15) is 59.5 Å². The molecule has 0 atom stereocenters. The Morgan fingerprint density at radius 2 is 1.72 bits per heavy atom. The van der Waals surface area contributed by atoms with E-state index in [2.05, 4.69) is 5.32 Å². The van der Waals surface area contributed by atoms with Gasteiger partial charge in [0.25, 0.3) is 5.91 Å². The summed E-state index contributed by atoms with van der Waals surface area (Å²) >= 11 is 0. The van der Waals surface area contributed by atoms with E-state index in [9.17, 15) is 18.0 Å². The number of alkyl halides is 3. The molecule has 0 radical (unpaired) electrons. The average Bonchev–Trinajstić information content (AvgIpc) is 2.61. The van der Waals surface area contributed by atoms with Crippen LogP contribution in [0.15, 0.2) is 18.2 Å². The minimum atomic E-state index is -4.38. The molecule has 25 heavy (non-hydrogen) atoms. The van der Waals surface area contributed by atoms with Gasteiger partial charge in [-0.2, -0.15) is 13.2 Å². The van der Waals surface area contributed by atoms with Crippen LogP contribution in [0.5, 0.6) is 0 Å². The van der Waals surface area contributed by atoms with Crippen LogP contribution in [-0.2, 0) is 6.18 Å². The number of likely N-dealkylation sites (tertiary alicyclic amines) is 1. The van der Waals surface area contributed by atoms with Crippen LogP contribution < -0.4 is 5.32 Å². The number of piperidine rings is 2. The topological polar surface area (TPSA) is 32.3 Å². The Bertz CT molecular complexity index is 594. The number of carbonyl (C=O) groups excluding carboxylic acids is 1. The first-order valence-corrected chi connectivity index (χ1v) is 8.68. The van der Waals surface area contributed by atoms with Crippen LogP contribution >= 0.6 is 12.4 Å². The van der Waals surface area contributed by atoms with E-state index in [1.807, 2.05) is 0 Å². The summed E-state index contributed by atoms with van der Waals surface area (Å²) in [6.07, 6.45) is -0.0000445. The van der Waals surface area contributed by atoms with Gasteiger partial charge in [-0.05, 0) is 74.9 Å². The smallest absolute Gasteiger partial charge is 0.339 e. The van der Waals surface area contributed by atoms with Crippen molar-refractivity contribution in [2.45, 2.75) is 44.2 Å². The van der Waals surface area contributed by atoms with E-state index in [-0.39, 0.29) is 29.8 Å². The number of carbonyl (C=O) groups is 1. The lowest BCUT2D eigenvalue weighted by atomic mass is 9.85. The van der Waals surface area contributed by atoms with Crippen molar-refractivity contribution in [1.29, 1.82) is 0 Å². The molecule has 1 N–H and O–H groups in total. The molecule has 0 aliphatic carbocycles. The molecule has 2 heterocycles. The molecule has 1 aromatic rings. The molecule has 0 unspecified atom stereocenters. The van der Waals surface area contributed by atoms with E-state index in [1.54, 1.807) is 4.90 Å². The normalized spacial score (nSPS) is 19.4. The Kier molecular flexibility index (Phi) is 6.74. The van der Waals surface area contributed by atoms with Crippen molar-refractivity contribution >= 4 is 18.3 Å². The molecule has 0 aromatic heterocycles. The van der Waals surface area contributed by atoms with Gasteiger partial charge in [-0.1, -0.05) is 0 Å². The summed E-state index contributed by atoms with van der Waals surface area (Å²) in [7, 11) is 0. The summed E-state index contributed by atoms with van der Waals surface area (Å²) in [5, 5.41) is 3.18. The molecule has 0 bridgehead atoms. The molecule has 7 heteroatoms. The van der Waals surface area contributed by atoms with Crippen LogP contribution in [0.3, 0.4) is 0 Å². The average molecular weight is 377 g/mol. The number of benzene rings is 1. The fourth-order valence-electron chi connectivity index (χ4n) is 3.70. The molecule has 2 fully saturated rings. The van der Waals surface area contributed by atoms with Gasteiger partial charge in [-0.15, -0.1) is 12.4 Å². The molecule has 140 valence electrons. The SMILES string of the molecule is Cl.O=C(c1ccc(C(F)(F)F)c(C2CCNCC2)c1)N1CCCCC1. The molecule has 2 aliphatic heterocycles. The van der Waals surface area contributed by atoms with Crippen molar-refractivity contribution in [3.63, 3.8) is 0 Å². The van der Waals surface area contributed by atoms with E-state index in [4.69, 9.17) is 0 Å². The zero-order chi connectivity index (χ0) is 17.2. The van der Waals surface area contributed by atoms with Gasteiger partial charge in [0.2, 0.25) is 0 Å². The van der Waals surface area contributed by atoms with Crippen LogP contribution in [0.4, 0.5) is 13.2 Å². The number of nitrogens with one attached hydrogen (secondary N) is 1. The number of amides is 1. The molecule has 1 amide bonds. The predicted molar refractivity (Wildman–Crippen MR) is 93.3 cm³/mol. The van der Waals surface area contributed by atoms with Crippen molar-refractivity contribution < 1.29 is 18.0 Å². The fourth-order valence-corrected chi connectivity index (χ4v) is 3.70. The summed E-state index contributed by atoms with van der Waals surface area (Å²) in [5.74, 6) is -0.282. The Hall–Kier alpha value is -1.27. The second-order valence-corrected chi connectivity index (χ2v) is 6.68. The minimum Gasteiger partial charge on any atom is -0.339 e. The van der Waals surface area contributed by atoms with Gasteiger partial charge in [0.05, 0.1) is 5.56 Å². The number of halogens is 4. The van der Waals surface area contributed by atoms with Gasteiger partial charge in [0, 0.05) is 18.7 Å². The lowest BCUT2D eigenvalue weighted by Gasteiger charge is -2.29. The summed E-state index contributed by atoms with van der Waals surface area (Å²) in [6.45, 7) is 2.82. The molecule has 2 aliphatic rings. The monoisotopic (exact) mass is 376 g/mol. The van der Waals surface area contributed by atoms with Crippen molar-refractivity contribution in [3.8, 4) is 0 Å². The second kappa shape index (κ2) is 8.41. The van der Waals surface area contributed by atoms with Crippen LogP contribution in [-0.4, -0.2) is 37.0 Å². The van der Waals surface area contributed by atoms with Gasteiger partial charge < -0.3 is 10.2 Å². The van der Waals surface area contributed by atoms with E-state index in [1.165, 1.54) is 12.1 Å². The van der Waals surface area contributed by atoms with Crippen molar-refractivity contribution in [1.82, 2.24) is 10.2 Å². The standard InChI is InChI=1S/C18H23F3N2O.ClH/c19-18(20,21)16-5-4-14(17(24)23-10-2-1-3-11-23)12-15(16)13-6-8-22-9-7-13;/h4-5,12-13,22H,1-3,6-11H2;1H. The molecular weight excluding hydrogens is 353 g/mol. The fraction of sp³-hybridized carbons (Fsp3) is 0.611. The zero-order valence-corrected chi connectivity index (χ0v) is 14.9. The Balaban J connectivity index is 0.00000225. The maximum absolute atomic E-state index is 13.4. The second-order valence-electron chi connectivity index (χ2n) is 6.68. The van der Waals surface area contributed by atoms with E-state index in [0.717, 1.165) is 25.3 Å². The van der Waals surface area contributed by atoms with Gasteiger partial charge in [-0.25, -0.2) is 0 Å². The Labute approximate surface area is 152 Å². The largest absolute Gasteiger partial charge is 0.416 e. The lowest BCUT2D eigenvalue weighted by Crippen LogP contribution is -2.35. The lowest BCUT2D eigenvalue weighted by molar-refractivity contribution is -0.138. The first-order chi connectivity index (χ1) is 11.5. The summed E-state index contributed by atoms with van der Waals surface area (Å²) < 4.78 is 40.1. The summed E-state index contributed by atoms with van der Waals surface area (Å²) in [5.41, 5.74) is 0.0786. The Morgan fingerprint density at radius 3 is 2.32 bits per heavy atom. The van der Waals surface area contributed by atoms with Gasteiger partial charge in [0.1, 0.15) is 0 Å². The van der Waals surface area contributed by atoms with E-state index in [0.29, 0.717) is 44.6 Å². The maximum Gasteiger partial charge on any atom is 0.416 e. The number of nitrogens with zero attached hydrogens (tertiary/aromatic N) is 1. The highest BCUT2D eigenvalue weighted by atomic mass is 35.5. The highest BCUT2D eigenvalue weighted by Crippen LogP contribution is 2.38. The van der Waals surface area contributed by atoms with Gasteiger partial charge in [-0.3, -0.25) is 4.79 Å². The highest BCUT2D eigenvalue weighted by molar-refractivity contribution is 5.94. The third-order valence-electron chi connectivity index (χ3n) is 5.03. The molecule has 2 saturated heterocycles. The molecule has 1 aromatic carbocycles. The quantitative estimate of drug-likeness (QED) is 0.838. The third-order valence-corrected chi connectivity index (χ3v) is 5.03. The predicted octanol–water partition coefficient (Wildman–Crippen LogP) is 4.22. The number of rotatable bonds is 2. The molecule has 3 rings (SSSR count). The highest BCUT2D eigenvalue weighted by Gasteiger charge is 2.36. The van der Waals surface area contributed by atoms with Crippen LogP contribution in [0, 0.1) is 0 Å². The maximum atomic E-state index is 13.4. The Morgan fingerprint density at radius 1 is 1.08 bits per heavy atom. The molecular formula is C18H24ClF3N2O. The molecule has 0 saturated carbocycles. The minimum absolute atomic E-state index is 0. The molecule has 3 nitrogen and oxygen atoms in total. The van der Waals surface area contributed by atoms with Gasteiger partial charge in [0.15, 0.2) is 0 Å². The van der Waals surface area contributed by atoms with Crippen LogP contribution in [0.2, 0.25) is 0 Å². The zero-order valence-electron chi connectivity index (χ0n) is 14.1. The number of hydrogen-bond donors (Lipinski definition) is 1. The first kappa shape index (κ1) is 20.0. The number of hydrogen-bond acceptors (Lipinski definition) is 2. The van der Waals surface area contributed by atoms with Crippen molar-refractivity contribution in [3.05, 3.63) is 34.9 Å². The molecule has 0 spiro atoms.